The first-order valence-corrected chi connectivity index (χ1v) is 6.45. The SMILES string of the molecule is CC(CSCc1nc(C2CC2)no1)C(=O)O. The van der Waals surface area contributed by atoms with Gasteiger partial charge in [0.1, 0.15) is 0 Å². The van der Waals surface area contributed by atoms with E-state index in [9.17, 15) is 4.79 Å². The molecule has 0 bridgehead atoms. The molecule has 0 saturated heterocycles. The van der Waals surface area contributed by atoms with Gasteiger partial charge in [0, 0.05) is 11.7 Å². The minimum Gasteiger partial charge on any atom is -0.481 e. The Morgan fingerprint density at radius 2 is 2.44 bits per heavy atom. The molecule has 1 aromatic heterocycles. The molecule has 1 unspecified atom stereocenters. The van der Waals surface area contributed by atoms with Crippen molar-refractivity contribution in [1.29, 1.82) is 0 Å². The fourth-order valence-electron chi connectivity index (χ4n) is 1.23. The molecule has 0 aliphatic heterocycles. The number of aliphatic carboxylic acids is 1. The van der Waals surface area contributed by atoms with Crippen molar-refractivity contribution in [3.8, 4) is 0 Å². The van der Waals surface area contributed by atoms with Gasteiger partial charge < -0.3 is 9.63 Å². The molecule has 0 amide bonds. The second-order valence-electron chi connectivity index (χ2n) is 4.08. The summed E-state index contributed by atoms with van der Waals surface area (Å²) < 4.78 is 5.08. The summed E-state index contributed by atoms with van der Waals surface area (Å²) in [6.45, 7) is 1.69. The number of hydrogen-bond donors (Lipinski definition) is 1. The number of carboxylic acids is 1. The van der Waals surface area contributed by atoms with E-state index in [0.29, 0.717) is 23.3 Å². The van der Waals surface area contributed by atoms with Gasteiger partial charge >= 0.3 is 5.97 Å². The second-order valence-corrected chi connectivity index (χ2v) is 5.11. The standard InChI is InChI=1S/C10H14N2O3S/c1-6(10(13)14)4-16-5-8-11-9(12-15-8)7-2-3-7/h6-7H,2-5H2,1H3,(H,13,14). The van der Waals surface area contributed by atoms with Crippen molar-refractivity contribution >= 4 is 17.7 Å². The molecule has 1 aliphatic carbocycles. The van der Waals surface area contributed by atoms with Crippen LogP contribution in [0.4, 0.5) is 0 Å². The van der Waals surface area contributed by atoms with Crippen LogP contribution < -0.4 is 0 Å². The Balaban J connectivity index is 1.74. The monoisotopic (exact) mass is 242 g/mol. The van der Waals surface area contributed by atoms with Crippen LogP contribution in [0.5, 0.6) is 0 Å². The summed E-state index contributed by atoms with van der Waals surface area (Å²) in [6.07, 6.45) is 2.31. The molecule has 1 aromatic rings. The van der Waals surface area contributed by atoms with Crippen LogP contribution in [0.3, 0.4) is 0 Å². The molecule has 1 heterocycles. The van der Waals surface area contributed by atoms with Crippen molar-refractivity contribution in [3.05, 3.63) is 11.7 Å². The lowest BCUT2D eigenvalue weighted by molar-refractivity contribution is -0.140. The van der Waals surface area contributed by atoms with Crippen LogP contribution >= 0.6 is 11.8 Å². The molecule has 0 aromatic carbocycles. The summed E-state index contributed by atoms with van der Waals surface area (Å²) >= 11 is 1.51. The molecule has 88 valence electrons. The van der Waals surface area contributed by atoms with E-state index in [1.54, 1.807) is 6.92 Å². The lowest BCUT2D eigenvalue weighted by Crippen LogP contribution is -2.11. The zero-order chi connectivity index (χ0) is 11.5. The zero-order valence-corrected chi connectivity index (χ0v) is 9.87. The smallest absolute Gasteiger partial charge is 0.307 e. The average Bonchev–Trinajstić information content (AvgIpc) is 2.99. The van der Waals surface area contributed by atoms with Gasteiger partial charge in [-0.05, 0) is 12.8 Å². The summed E-state index contributed by atoms with van der Waals surface area (Å²) in [5.41, 5.74) is 0. The maximum absolute atomic E-state index is 10.6. The van der Waals surface area contributed by atoms with Gasteiger partial charge in [-0.3, -0.25) is 4.79 Å². The summed E-state index contributed by atoms with van der Waals surface area (Å²) in [7, 11) is 0. The largest absolute Gasteiger partial charge is 0.481 e. The topological polar surface area (TPSA) is 76.2 Å². The molecular formula is C10H14N2O3S. The first kappa shape index (κ1) is 11.4. The van der Waals surface area contributed by atoms with Gasteiger partial charge in [-0.15, -0.1) is 0 Å². The Morgan fingerprint density at radius 1 is 1.69 bits per heavy atom. The van der Waals surface area contributed by atoms with Crippen LogP contribution in [0.1, 0.15) is 37.4 Å². The van der Waals surface area contributed by atoms with E-state index in [4.69, 9.17) is 9.63 Å². The molecule has 5 nitrogen and oxygen atoms in total. The minimum absolute atomic E-state index is 0.337. The Kier molecular flexibility index (Phi) is 3.48. The normalized spacial score (nSPS) is 17.3. The maximum Gasteiger partial charge on any atom is 0.307 e. The third-order valence-electron chi connectivity index (χ3n) is 2.44. The van der Waals surface area contributed by atoms with E-state index in [0.717, 1.165) is 18.7 Å². The van der Waals surface area contributed by atoms with Gasteiger partial charge in [0.15, 0.2) is 5.82 Å². The Labute approximate surface area is 97.6 Å². The number of thioether (sulfide) groups is 1. The Hall–Kier alpha value is -1.04. The number of aromatic nitrogens is 2. The molecule has 16 heavy (non-hydrogen) atoms. The van der Waals surface area contributed by atoms with E-state index in [-0.39, 0.29) is 5.92 Å². The lowest BCUT2D eigenvalue weighted by Gasteiger charge is -2.02. The van der Waals surface area contributed by atoms with Crippen LogP contribution in [-0.4, -0.2) is 27.0 Å². The quantitative estimate of drug-likeness (QED) is 0.821. The maximum atomic E-state index is 10.6. The van der Waals surface area contributed by atoms with Gasteiger partial charge in [0.05, 0.1) is 11.7 Å². The Bertz CT molecular complexity index is 376. The summed E-state index contributed by atoms with van der Waals surface area (Å²) in [5, 5.41) is 12.6. The molecule has 1 saturated carbocycles. The van der Waals surface area contributed by atoms with Gasteiger partial charge in [-0.25, -0.2) is 0 Å². The predicted octanol–water partition coefficient (Wildman–Crippen LogP) is 1.90. The number of nitrogens with zero attached hydrogens (tertiary/aromatic N) is 2. The fraction of sp³-hybridized carbons (Fsp3) is 0.700. The van der Waals surface area contributed by atoms with Crippen LogP contribution in [0, 0.1) is 5.92 Å². The van der Waals surface area contributed by atoms with Gasteiger partial charge in [-0.1, -0.05) is 12.1 Å². The summed E-state index contributed by atoms with van der Waals surface area (Å²) in [6, 6.07) is 0. The van der Waals surface area contributed by atoms with Crippen molar-refractivity contribution in [2.45, 2.75) is 31.4 Å². The third kappa shape index (κ3) is 2.98. The summed E-state index contributed by atoms with van der Waals surface area (Å²) in [5.74, 6) is 1.97. The first-order valence-electron chi connectivity index (χ1n) is 5.30. The highest BCUT2D eigenvalue weighted by molar-refractivity contribution is 7.98. The van der Waals surface area contributed by atoms with Gasteiger partial charge in [-0.2, -0.15) is 16.7 Å². The molecule has 1 fully saturated rings. The molecule has 6 heteroatoms. The summed E-state index contributed by atoms with van der Waals surface area (Å²) in [4.78, 5) is 14.8. The van der Waals surface area contributed by atoms with Gasteiger partial charge in [0.25, 0.3) is 0 Å². The van der Waals surface area contributed by atoms with E-state index in [1.807, 2.05) is 0 Å². The Morgan fingerprint density at radius 3 is 3.06 bits per heavy atom. The molecular weight excluding hydrogens is 228 g/mol. The van der Waals surface area contributed by atoms with Crippen LogP contribution in [0.2, 0.25) is 0 Å². The van der Waals surface area contributed by atoms with E-state index >= 15 is 0 Å². The molecule has 1 aliphatic rings. The fourth-order valence-corrected chi connectivity index (χ4v) is 2.13. The van der Waals surface area contributed by atoms with E-state index < -0.39 is 5.97 Å². The van der Waals surface area contributed by atoms with Crippen LogP contribution in [0.15, 0.2) is 4.52 Å². The molecule has 1 atom stereocenters. The first-order chi connectivity index (χ1) is 7.66. The molecule has 0 spiro atoms. The molecule has 1 N–H and O–H groups in total. The van der Waals surface area contributed by atoms with Crippen LogP contribution in [0.25, 0.3) is 0 Å². The third-order valence-corrected chi connectivity index (χ3v) is 3.63. The van der Waals surface area contributed by atoms with Crippen molar-refractivity contribution < 1.29 is 14.4 Å². The van der Waals surface area contributed by atoms with Crippen LogP contribution in [-0.2, 0) is 10.5 Å². The minimum atomic E-state index is -0.767. The highest BCUT2D eigenvalue weighted by Crippen LogP contribution is 2.38. The van der Waals surface area contributed by atoms with E-state index in [1.165, 1.54) is 11.8 Å². The van der Waals surface area contributed by atoms with Gasteiger partial charge in [0.2, 0.25) is 5.89 Å². The zero-order valence-electron chi connectivity index (χ0n) is 9.05. The van der Waals surface area contributed by atoms with E-state index in [2.05, 4.69) is 10.1 Å². The number of rotatable bonds is 6. The average molecular weight is 242 g/mol. The number of carboxylic acid groups (broad SMARTS) is 1. The highest BCUT2D eigenvalue weighted by atomic mass is 32.2. The van der Waals surface area contributed by atoms with Crippen molar-refractivity contribution in [3.63, 3.8) is 0 Å². The predicted molar refractivity (Wildman–Crippen MR) is 59.2 cm³/mol. The lowest BCUT2D eigenvalue weighted by atomic mass is 10.2. The molecule has 0 radical (unpaired) electrons. The number of hydrogen-bond acceptors (Lipinski definition) is 5. The second kappa shape index (κ2) is 4.86. The highest BCUT2D eigenvalue weighted by Gasteiger charge is 2.28. The van der Waals surface area contributed by atoms with Crippen molar-refractivity contribution in [2.75, 3.05) is 5.75 Å². The molecule has 2 rings (SSSR count). The van der Waals surface area contributed by atoms with Crippen molar-refractivity contribution in [2.24, 2.45) is 5.92 Å². The number of carbonyl (C=O) groups is 1. The van der Waals surface area contributed by atoms with Crippen molar-refractivity contribution in [1.82, 2.24) is 10.1 Å².